The summed E-state index contributed by atoms with van der Waals surface area (Å²) in [7, 11) is 0. The molecule has 0 aliphatic heterocycles. The molecule has 28 heavy (non-hydrogen) atoms. The number of nitrogens with two attached hydrogens (primary N) is 2. The molecule has 1 aromatic carbocycles. The van der Waals surface area contributed by atoms with Crippen molar-refractivity contribution in [3.8, 4) is 0 Å². The predicted octanol–water partition coefficient (Wildman–Crippen LogP) is 2.00. The lowest BCUT2D eigenvalue weighted by Crippen LogP contribution is -2.37. The first-order valence-corrected chi connectivity index (χ1v) is 10.7. The van der Waals surface area contributed by atoms with E-state index in [1.807, 2.05) is 24.3 Å². The molecule has 0 aliphatic rings. The van der Waals surface area contributed by atoms with E-state index >= 15 is 0 Å². The van der Waals surface area contributed by atoms with Gasteiger partial charge in [-0.15, -0.1) is 11.8 Å². The largest absolute Gasteiger partial charge is 0.384 e. The molecule has 0 saturated carbocycles. The molecule has 1 rings (SSSR count). The third-order valence-corrected chi connectivity index (χ3v) is 5.13. The molecule has 10 N–H and O–H groups in total. The first-order valence-electron chi connectivity index (χ1n) is 9.70. The van der Waals surface area contributed by atoms with E-state index < -0.39 is 0 Å². The van der Waals surface area contributed by atoms with Crippen molar-refractivity contribution in [3.05, 3.63) is 29.8 Å². The second-order valence-corrected chi connectivity index (χ2v) is 7.65. The Kier molecular flexibility index (Phi) is 12.3. The zero-order valence-corrected chi connectivity index (χ0v) is 17.3. The van der Waals surface area contributed by atoms with Crippen molar-refractivity contribution in [1.29, 1.82) is 16.2 Å². The summed E-state index contributed by atoms with van der Waals surface area (Å²) in [5.41, 5.74) is 11.4. The van der Waals surface area contributed by atoms with Crippen molar-refractivity contribution >= 4 is 29.5 Å². The van der Waals surface area contributed by atoms with E-state index in [4.69, 9.17) is 27.7 Å². The monoisotopic (exact) mass is 406 g/mol. The number of nitrogens with one attached hydrogen (secondary N) is 6. The van der Waals surface area contributed by atoms with Gasteiger partial charge in [0.15, 0.2) is 11.9 Å². The van der Waals surface area contributed by atoms with Crippen LogP contribution in [0.2, 0.25) is 0 Å². The second-order valence-electron chi connectivity index (χ2n) is 6.48. The van der Waals surface area contributed by atoms with E-state index in [9.17, 15) is 0 Å². The molecule has 0 spiro atoms. The Labute approximate surface area is 172 Å². The smallest absolute Gasteiger partial charge is 0.188 e. The maximum Gasteiger partial charge on any atom is 0.188 e. The summed E-state index contributed by atoms with van der Waals surface area (Å²) < 4.78 is 0. The normalized spacial score (nSPS) is 10.3. The van der Waals surface area contributed by atoms with Crippen molar-refractivity contribution in [3.63, 3.8) is 0 Å². The minimum absolute atomic E-state index is 0.0390. The van der Waals surface area contributed by atoms with Gasteiger partial charge in [-0.1, -0.05) is 31.4 Å². The lowest BCUT2D eigenvalue weighted by Gasteiger charge is -2.10. The summed E-state index contributed by atoms with van der Waals surface area (Å²) >= 11 is 1.76. The van der Waals surface area contributed by atoms with Crippen LogP contribution in [0.5, 0.6) is 0 Å². The summed E-state index contributed by atoms with van der Waals surface area (Å²) in [5.74, 6) is 1.49. The first-order chi connectivity index (χ1) is 13.5. The van der Waals surface area contributed by atoms with Gasteiger partial charge in [-0.05, 0) is 37.1 Å². The molecule has 0 bridgehead atoms. The van der Waals surface area contributed by atoms with Gasteiger partial charge in [-0.25, -0.2) is 0 Å². The number of guanidine groups is 2. The number of amidine groups is 1. The van der Waals surface area contributed by atoms with Crippen LogP contribution < -0.4 is 27.4 Å². The van der Waals surface area contributed by atoms with Gasteiger partial charge in [0.2, 0.25) is 0 Å². The number of rotatable bonds is 14. The number of hydrogen-bond acceptors (Lipinski definition) is 4. The molecule has 0 fully saturated rings. The molecule has 0 aromatic heterocycles. The molecule has 156 valence electrons. The Balaban J connectivity index is 1.92. The second kappa shape index (κ2) is 14.6. The number of nitrogen functional groups attached to an aromatic ring is 1. The summed E-state index contributed by atoms with van der Waals surface area (Å²) in [6.45, 7) is 2.35. The summed E-state index contributed by atoms with van der Waals surface area (Å²) in [4.78, 5) is 1.16. The van der Waals surface area contributed by atoms with Gasteiger partial charge in [0.25, 0.3) is 0 Å². The topological polar surface area (TPSA) is 160 Å². The molecule has 1 aromatic rings. The number of thioether (sulfide) groups is 1. The average molecular weight is 407 g/mol. The maximum absolute atomic E-state index is 7.86. The SMILES string of the molecule is N=C(N)NCCCCCCCNC(=N)NCCCSc1ccc(C(=N)N)cc1. The molecule has 9 heteroatoms. The fourth-order valence-electron chi connectivity index (χ4n) is 2.49. The van der Waals surface area contributed by atoms with E-state index in [1.165, 1.54) is 0 Å². The fourth-order valence-corrected chi connectivity index (χ4v) is 3.34. The molecule has 0 amide bonds. The molecule has 0 unspecified atom stereocenters. The van der Waals surface area contributed by atoms with E-state index in [1.54, 1.807) is 11.8 Å². The van der Waals surface area contributed by atoms with Crippen LogP contribution in [0.25, 0.3) is 0 Å². The van der Waals surface area contributed by atoms with Crippen molar-refractivity contribution in [2.24, 2.45) is 11.5 Å². The van der Waals surface area contributed by atoms with E-state index in [0.29, 0.717) is 5.96 Å². The number of hydrogen-bond donors (Lipinski definition) is 8. The molecule has 0 aliphatic carbocycles. The highest BCUT2D eigenvalue weighted by atomic mass is 32.2. The highest BCUT2D eigenvalue weighted by Gasteiger charge is 1.99. The third-order valence-electron chi connectivity index (χ3n) is 4.03. The van der Waals surface area contributed by atoms with Crippen LogP contribution in [0.4, 0.5) is 0 Å². The molecular formula is C19H34N8S. The van der Waals surface area contributed by atoms with Crippen molar-refractivity contribution < 1.29 is 0 Å². The third kappa shape index (κ3) is 12.1. The molecular weight excluding hydrogens is 372 g/mol. The Morgan fingerprint density at radius 2 is 1.29 bits per heavy atom. The lowest BCUT2D eigenvalue weighted by molar-refractivity contribution is 0.598. The van der Waals surface area contributed by atoms with Gasteiger partial charge in [0, 0.05) is 30.1 Å². The standard InChI is InChI=1S/C19H34N8S/c20-17(21)15-7-9-16(10-8-15)28-14-6-13-27-19(24)26-12-5-3-1-2-4-11-25-18(22)23/h7-10H,1-6,11-14H2,(H3,20,21)(H4,22,23,25)(H3,24,26,27). The zero-order chi connectivity index (χ0) is 20.6. The van der Waals surface area contributed by atoms with Crippen molar-refractivity contribution in [2.45, 2.75) is 43.4 Å². The fraction of sp³-hybridized carbons (Fsp3) is 0.526. The molecule has 8 nitrogen and oxygen atoms in total. The molecule has 0 heterocycles. The van der Waals surface area contributed by atoms with Crippen LogP contribution in [0.15, 0.2) is 29.2 Å². The number of benzene rings is 1. The van der Waals surface area contributed by atoms with Crippen LogP contribution in [-0.4, -0.2) is 43.1 Å². The summed E-state index contributed by atoms with van der Waals surface area (Å²) in [5, 5.41) is 31.3. The Hall–Kier alpha value is -2.42. The van der Waals surface area contributed by atoms with E-state index in [2.05, 4.69) is 16.0 Å². The van der Waals surface area contributed by atoms with Crippen LogP contribution >= 0.6 is 11.8 Å². The van der Waals surface area contributed by atoms with E-state index in [-0.39, 0.29) is 11.8 Å². The van der Waals surface area contributed by atoms with Crippen molar-refractivity contribution in [2.75, 3.05) is 25.4 Å². The minimum Gasteiger partial charge on any atom is -0.384 e. The molecule has 0 atom stereocenters. The van der Waals surface area contributed by atoms with Crippen LogP contribution in [0.3, 0.4) is 0 Å². The Morgan fingerprint density at radius 3 is 1.86 bits per heavy atom. The van der Waals surface area contributed by atoms with Gasteiger partial charge in [0.05, 0.1) is 0 Å². The van der Waals surface area contributed by atoms with Gasteiger partial charge in [-0.3, -0.25) is 16.2 Å². The Morgan fingerprint density at radius 1 is 0.750 bits per heavy atom. The van der Waals surface area contributed by atoms with E-state index in [0.717, 1.165) is 74.4 Å². The highest BCUT2D eigenvalue weighted by Crippen LogP contribution is 2.18. The average Bonchev–Trinajstić information content (AvgIpc) is 2.66. The first kappa shape index (κ1) is 23.6. The van der Waals surface area contributed by atoms with Gasteiger partial charge in [-0.2, -0.15) is 0 Å². The highest BCUT2D eigenvalue weighted by molar-refractivity contribution is 7.99. The molecule has 0 saturated heterocycles. The number of unbranched alkanes of at least 4 members (excludes halogenated alkanes) is 4. The predicted molar refractivity (Wildman–Crippen MR) is 120 cm³/mol. The minimum atomic E-state index is 0.0390. The van der Waals surface area contributed by atoms with Crippen molar-refractivity contribution in [1.82, 2.24) is 16.0 Å². The van der Waals surface area contributed by atoms with Gasteiger partial charge >= 0.3 is 0 Å². The maximum atomic E-state index is 7.86. The van der Waals surface area contributed by atoms with Crippen LogP contribution in [-0.2, 0) is 0 Å². The van der Waals surface area contributed by atoms with Crippen LogP contribution in [0, 0.1) is 16.2 Å². The lowest BCUT2D eigenvalue weighted by atomic mass is 10.1. The molecule has 0 radical (unpaired) electrons. The van der Waals surface area contributed by atoms with Gasteiger partial charge < -0.3 is 27.4 Å². The van der Waals surface area contributed by atoms with Gasteiger partial charge in [0.1, 0.15) is 5.84 Å². The Bertz CT molecular complexity index is 602. The van der Waals surface area contributed by atoms with Crippen LogP contribution in [0.1, 0.15) is 44.1 Å². The summed E-state index contributed by atoms with van der Waals surface area (Å²) in [6.07, 6.45) is 6.48. The summed E-state index contributed by atoms with van der Waals surface area (Å²) in [6, 6.07) is 7.70. The zero-order valence-electron chi connectivity index (χ0n) is 16.4. The quantitative estimate of drug-likeness (QED) is 0.102.